The lowest BCUT2D eigenvalue weighted by molar-refractivity contribution is 0.0939. The standard InChI is InChI=1S/C18H17F2N5O2/c1-10(24-17(26)12-7-21-18(27-3)22-8-12)14-9-23-25(11(14)2)16-5-4-13(19)6-15(16)20/h4-10H,1-3H3,(H,24,26)/t10-/m1/s1. The second-order valence-corrected chi connectivity index (χ2v) is 5.85. The molecule has 0 aliphatic heterocycles. The van der Waals surface area contributed by atoms with Crippen molar-refractivity contribution in [2.45, 2.75) is 19.9 Å². The minimum Gasteiger partial charge on any atom is -0.467 e. The molecule has 0 radical (unpaired) electrons. The van der Waals surface area contributed by atoms with Crippen molar-refractivity contribution in [3.05, 3.63) is 65.2 Å². The number of benzene rings is 1. The number of nitrogens with one attached hydrogen (secondary N) is 1. The first-order valence-corrected chi connectivity index (χ1v) is 8.07. The summed E-state index contributed by atoms with van der Waals surface area (Å²) in [5, 5.41) is 6.97. The molecule has 27 heavy (non-hydrogen) atoms. The molecule has 1 atom stereocenters. The smallest absolute Gasteiger partial charge is 0.316 e. The maximum Gasteiger partial charge on any atom is 0.316 e. The Morgan fingerprint density at radius 2 is 1.93 bits per heavy atom. The van der Waals surface area contributed by atoms with E-state index in [4.69, 9.17) is 4.74 Å². The second-order valence-electron chi connectivity index (χ2n) is 5.85. The van der Waals surface area contributed by atoms with E-state index in [1.165, 1.54) is 36.4 Å². The molecule has 7 nitrogen and oxygen atoms in total. The number of methoxy groups -OCH3 is 1. The van der Waals surface area contributed by atoms with Crippen molar-refractivity contribution in [1.82, 2.24) is 25.1 Å². The Kier molecular flexibility index (Phi) is 5.11. The van der Waals surface area contributed by atoms with Crippen LogP contribution in [-0.4, -0.2) is 32.8 Å². The Morgan fingerprint density at radius 1 is 1.22 bits per heavy atom. The highest BCUT2D eigenvalue weighted by Crippen LogP contribution is 2.22. The molecule has 1 amide bonds. The number of rotatable bonds is 5. The Hall–Kier alpha value is -3.36. The molecule has 2 aromatic heterocycles. The van der Waals surface area contributed by atoms with Crippen LogP contribution < -0.4 is 10.1 Å². The molecule has 0 saturated carbocycles. The fourth-order valence-electron chi connectivity index (χ4n) is 2.64. The van der Waals surface area contributed by atoms with E-state index >= 15 is 0 Å². The highest BCUT2D eigenvalue weighted by Gasteiger charge is 2.19. The summed E-state index contributed by atoms with van der Waals surface area (Å²) in [5.74, 6) is -1.76. The highest BCUT2D eigenvalue weighted by atomic mass is 19.1. The molecule has 0 bridgehead atoms. The number of hydrogen-bond acceptors (Lipinski definition) is 5. The lowest BCUT2D eigenvalue weighted by Crippen LogP contribution is -2.27. The van der Waals surface area contributed by atoms with Gasteiger partial charge in [0.15, 0.2) is 5.82 Å². The number of aromatic nitrogens is 4. The predicted octanol–water partition coefficient (Wildman–Crippen LogP) is 2.75. The number of carbonyl (C=O) groups excluding carboxylic acids is 1. The fourth-order valence-corrected chi connectivity index (χ4v) is 2.64. The minimum absolute atomic E-state index is 0.127. The summed E-state index contributed by atoms with van der Waals surface area (Å²) < 4.78 is 33.4. The van der Waals surface area contributed by atoms with Crippen LogP contribution in [0.2, 0.25) is 0 Å². The molecule has 140 valence electrons. The van der Waals surface area contributed by atoms with Crippen molar-refractivity contribution >= 4 is 5.91 Å². The van der Waals surface area contributed by atoms with Crippen LogP contribution in [-0.2, 0) is 0 Å². The van der Waals surface area contributed by atoms with Crippen LogP contribution in [0, 0.1) is 18.6 Å². The van der Waals surface area contributed by atoms with Crippen molar-refractivity contribution in [2.24, 2.45) is 0 Å². The molecule has 0 aliphatic carbocycles. The Labute approximate surface area is 154 Å². The first kappa shape index (κ1) is 18.4. The molecule has 0 spiro atoms. The van der Waals surface area contributed by atoms with E-state index in [-0.39, 0.29) is 23.2 Å². The molecule has 0 aliphatic rings. The van der Waals surface area contributed by atoms with Gasteiger partial charge in [0.25, 0.3) is 5.91 Å². The monoisotopic (exact) mass is 373 g/mol. The van der Waals surface area contributed by atoms with Gasteiger partial charge in [0.2, 0.25) is 0 Å². The van der Waals surface area contributed by atoms with Crippen LogP contribution in [0.5, 0.6) is 6.01 Å². The lowest BCUT2D eigenvalue weighted by atomic mass is 10.1. The third kappa shape index (κ3) is 3.76. The Morgan fingerprint density at radius 3 is 2.56 bits per heavy atom. The van der Waals surface area contributed by atoms with Crippen molar-refractivity contribution in [3.63, 3.8) is 0 Å². The molecular formula is C18H17F2N5O2. The van der Waals surface area contributed by atoms with E-state index in [0.717, 1.165) is 12.1 Å². The maximum atomic E-state index is 14.0. The van der Waals surface area contributed by atoms with Gasteiger partial charge in [-0.3, -0.25) is 4.79 Å². The van der Waals surface area contributed by atoms with E-state index < -0.39 is 17.7 Å². The van der Waals surface area contributed by atoms with Crippen molar-refractivity contribution in [2.75, 3.05) is 7.11 Å². The SMILES string of the molecule is COc1ncc(C(=O)N[C@H](C)c2cnn(-c3ccc(F)cc3F)c2C)cn1. The van der Waals surface area contributed by atoms with E-state index in [0.29, 0.717) is 11.3 Å². The maximum absolute atomic E-state index is 14.0. The number of amides is 1. The predicted molar refractivity (Wildman–Crippen MR) is 92.7 cm³/mol. The molecule has 3 aromatic rings. The van der Waals surface area contributed by atoms with Crippen LogP contribution in [0.3, 0.4) is 0 Å². The largest absolute Gasteiger partial charge is 0.467 e. The van der Waals surface area contributed by atoms with Gasteiger partial charge in [-0.2, -0.15) is 5.10 Å². The number of halogens is 2. The molecule has 9 heteroatoms. The van der Waals surface area contributed by atoms with Gasteiger partial charge in [-0.1, -0.05) is 0 Å². The third-order valence-corrected chi connectivity index (χ3v) is 4.07. The van der Waals surface area contributed by atoms with Crippen LogP contribution in [0.15, 0.2) is 36.8 Å². The summed E-state index contributed by atoms with van der Waals surface area (Å²) >= 11 is 0. The minimum atomic E-state index is -0.722. The van der Waals surface area contributed by atoms with Crippen LogP contribution in [0.25, 0.3) is 5.69 Å². The topological polar surface area (TPSA) is 81.9 Å². The summed E-state index contributed by atoms with van der Waals surface area (Å²) in [4.78, 5) is 20.1. The van der Waals surface area contributed by atoms with E-state index in [2.05, 4.69) is 20.4 Å². The van der Waals surface area contributed by atoms with Gasteiger partial charge >= 0.3 is 6.01 Å². The fraction of sp³-hybridized carbons (Fsp3) is 0.222. The highest BCUT2D eigenvalue weighted by molar-refractivity contribution is 5.93. The normalized spacial score (nSPS) is 11.9. The van der Waals surface area contributed by atoms with E-state index in [1.807, 2.05) is 0 Å². The zero-order valence-corrected chi connectivity index (χ0v) is 14.9. The summed E-state index contributed by atoms with van der Waals surface area (Å²) in [6, 6.07) is 3.03. The molecule has 3 rings (SSSR count). The molecule has 1 aromatic carbocycles. The molecule has 0 fully saturated rings. The van der Waals surface area contributed by atoms with Gasteiger partial charge in [-0.25, -0.2) is 23.4 Å². The number of nitrogens with zero attached hydrogens (tertiary/aromatic N) is 4. The Balaban J connectivity index is 1.80. The van der Waals surface area contributed by atoms with Gasteiger partial charge in [0.1, 0.15) is 11.5 Å². The number of carbonyl (C=O) groups is 1. The molecule has 0 unspecified atom stereocenters. The quantitative estimate of drug-likeness (QED) is 0.744. The zero-order chi connectivity index (χ0) is 19.6. The van der Waals surface area contributed by atoms with Crippen LogP contribution in [0.4, 0.5) is 8.78 Å². The number of hydrogen-bond donors (Lipinski definition) is 1. The van der Waals surface area contributed by atoms with Crippen molar-refractivity contribution in [1.29, 1.82) is 0 Å². The average molecular weight is 373 g/mol. The summed E-state index contributed by atoms with van der Waals surface area (Å²) in [6.07, 6.45) is 4.25. The Bertz CT molecular complexity index is 972. The van der Waals surface area contributed by atoms with Crippen LogP contribution in [0.1, 0.15) is 34.6 Å². The molecule has 2 heterocycles. The lowest BCUT2D eigenvalue weighted by Gasteiger charge is -2.14. The summed E-state index contributed by atoms with van der Waals surface area (Å²) in [5.41, 5.74) is 1.72. The zero-order valence-electron chi connectivity index (χ0n) is 14.9. The van der Waals surface area contributed by atoms with Gasteiger partial charge in [0, 0.05) is 29.7 Å². The molecule has 1 N–H and O–H groups in total. The summed E-state index contributed by atoms with van der Waals surface area (Å²) in [7, 11) is 1.43. The van der Waals surface area contributed by atoms with Gasteiger partial charge in [-0.05, 0) is 26.0 Å². The molecular weight excluding hydrogens is 356 g/mol. The van der Waals surface area contributed by atoms with Crippen LogP contribution >= 0.6 is 0 Å². The first-order valence-electron chi connectivity index (χ1n) is 8.07. The average Bonchev–Trinajstić information content (AvgIpc) is 3.03. The van der Waals surface area contributed by atoms with E-state index in [1.54, 1.807) is 13.8 Å². The third-order valence-electron chi connectivity index (χ3n) is 4.07. The van der Waals surface area contributed by atoms with Crippen molar-refractivity contribution < 1.29 is 18.3 Å². The summed E-state index contributed by atoms with van der Waals surface area (Å²) in [6.45, 7) is 3.52. The van der Waals surface area contributed by atoms with Crippen molar-refractivity contribution in [3.8, 4) is 11.7 Å². The van der Waals surface area contributed by atoms with E-state index in [9.17, 15) is 13.6 Å². The van der Waals surface area contributed by atoms with Gasteiger partial charge in [-0.15, -0.1) is 0 Å². The first-order chi connectivity index (χ1) is 12.9. The second kappa shape index (κ2) is 7.48. The van der Waals surface area contributed by atoms with Gasteiger partial charge in [0.05, 0.1) is 24.9 Å². The number of ether oxygens (including phenoxy) is 1. The molecule has 0 saturated heterocycles. The van der Waals surface area contributed by atoms with Gasteiger partial charge < -0.3 is 10.1 Å².